The first-order valence-electron chi connectivity index (χ1n) is 7.36. The molecule has 0 aromatic heterocycles. The second-order valence-corrected chi connectivity index (χ2v) is 5.65. The number of hydrogen-bond acceptors (Lipinski definition) is 3. The van der Waals surface area contributed by atoms with Gasteiger partial charge in [0.15, 0.2) is 0 Å². The van der Waals surface area contributed by atoms with Gasteiger partial charge in [0.25, 0.3) is 0 Å². The Morgan fingerprint density at radius 1 is 1.38 bits per heavy atom. The van der Waals surface area contributed by atoms with Gasteiger partial charge in [-0.3, -0.25) is 9.59 Å². The second kappa shape index (κ2) is 7.22. The predicted octanol–water partition coefficient (Wildman–Crippen LogP) is 1.71. The molecule has 1 aromatic rings. The Bertz CT molecular complexity index is 490. The Labute approximate surface area is 124 Å². The monoisotopic (exact) mass is 290 g/mol. The minimum Gasteiger partial charge on any atom is -0.481 e. The van der Waals surface area contributed by atoms with E-state index in [1.807, 2.05) is 30.3 Å². The second-order valence-electron chi connectivity index (χ2n) is 5.65. The molecule has 0 saturated carbocycles. The summed E-state index contributed by atoms with van der Waals surface area (Å²) >= 11 is 0. The Hall–Kier alpha value is -1.88. The van der Waals surface area contributed by atoms with Crippen LogP contribution in [-0.2, 0) is 9.59 Å². The SMILES string of the molecule is CC1CC(C(=O)NC(CC(=O)O)c2ccccc2)CCN1. The van der Waals surface area contributed by atoms with E-state index >= 15 is 0 Å². The van der Waals surface area contributed by atoms with Crippen molar-refractivity contribution in [2.45, 2.75) is 38.3 Å². The fraction of sp³-hybridized carbons (Fsp3) is 0.500. The van der Waals surface area contributed by atoms with E-state index < -0.39 is 12.0 Å². The largest absolute Gasteiger partial charge is 0.481 e. The number of nitrogens with one attached hydrogen (secondary N) is 2. The molecule has 0 bridgehead atoms. The molecular weight excluding hydrogens is 268 g/mol. The van der Waals surface area contributed by atoms with Crippen LogP contribution in [0, 0.1) is 5.92 Å². The van der Waals surface area contributed by atoms with E-state index in [4.69, 9.17) is 5.11 Å². The van der Waals surface area contributed by atoms with Gasteiger partial charge in [0, 0.05) is 12.0 Å². The van der Waals surface area contributed by atoms with E-state index in [0.717, 1.165) is 24.9 Å². The van der Waals surface area contributed by atoms with Crippen LogP contribution in [0.2, 0.25) is 0 Å². The number of hydrogen-bond donors (Lipinski definition) is 3. The summed E-state index contributed by atoms with van der Waals surface area (Å²) in [4.78, 5) is 23.4. The topological polar surface area (TPSA) is 78.4 Å². The smallest absolute Gasteiger partial charge is 0.305 e. The molecular formula is C16H22N2O3. The van der Waals surface area contributed by atoms with Crippen molar-refractivity contribution in [3.8, 4) is 0 Å². The van der Waals surface area contributed by atoms with E-state index in [1.165, 1.54) is 0 Å². The first-order valence-corrected chi connectivity index (χ1v) is 7.36. The zero-order valence-electron chi connectivity index (χ0n) is 12.2. The number of carbonyl (C=O) groups excluding carboxylic acids is 1. The van der Waals surface area contributed by atoms with Crippen LogP contribution in [-0.4, -0.2) is 29.6 Å². The highest BCUT2D eigenvalue weighted by Gasteiger charge is 2.27. The molecule has 2 rings (SSSR count). The van der Waals surface area contributed by atoms with Crippen molar-refractivity contribution < 1.29 is 14.7 Å². The van der Waals surface area contributed by atoms with Crippen molar-refractivity contribution >= 4 is 11.9 Å². The lowest BCUT2D eigenvalue weighted by atomic mass is 9.91. The number of piperidine rings is 1. The van der Waals surface area contributed by atoms with Crippen LogP contribution < -0.4 is 10.6 Å². The maximum atomic E-state index is 12.4. The fourth-order valence-electron chi connectivity index (χ4n) is 2.77. The summed E-state index contributed by atoms with van der Waals surface area (Å²) in [5.74, 6) is -0.998. The van der Waals surface area contributed by atoms with E-state index in [2.05, 4.69) is 17.6 Å². The van der Waals surface area contributed by atoms with Gasteiger partial charge in [0.05, 0.1) is 12.5 Å². The molecule has 0 aliphatic carbocycles. The van der Waals surface area contributed by atoms with Gasteiger partial charge in [-0.1, -0.05) is 30.3 Å². The summed E-state index contributed by atoms with van der Waals surface area (Å²) in [6, 6.07) is 9.12. The van der Waals surface area contributed by atoms with E-state index in [-0.39, 0.29) is 18.2 Å². The third-order valence-electron chi connectivity index (χ3n) is 3.89. The van der Waals surface area contributed by atoms with Crippen molar-refractivity contribution in [2.75, 3.05) is 6.54 Å². The quantitative estimate of drug-likeness (QED) is 0.771. The van der Waals surface area contributed by atoms with Crippen LogP contribution in [0.15, 0.2) is 30.3 Å². The predicted molar refractivity (Wildman–Crippen MR) is 79.8 cm³/mol. The van der Waals surface area contributed by atoms with E-state index in [9.17, 15) is 9.59 Å². The molecule has 5 nitrogen and oxygen atoms in total. The van der Waals surface area contributed by atoms with Gasteiger partial charge in [-0.2, -0.15) is 0 Å². The van der Waals surface area contributed by atoms with Crippen molar-refractivity contribution in [2.24, 2.45) is 5.92 Å². The molecule has 114 valence electrons. The zero-order chi connectivity index (χ0) is 15.2. The lowest BCUT2D eigenvalue weighted by molar-refractivity contribution is -0.138. The fourth-order valence-corrected chi connectivity index (χ4v) is 2.77. The molecule has 21 heavy (non-hydrogen) atoms. The average molecular weight is 290 g/mol. The van der Waals surface area contributed by atoms with E-state index in [0.29, 0.717) is 6.04 Å². The summed E-state index contributed by atoms with van der Waals surface area (Å²) in [5.41, 5.74) is 0.829. The van der Waals surface area contributed by atoms with Gasteiger partial charge in [-0.25, -0.2) is 0 Å². The minimum absolute atomic E-state index is 0.0405. The molecule has 1 amide bonds. The Balaban J connectivity index is 2.04. The standard InChI is InChI=1S/C16H22N2O3/c1-11-9-13(7-8-17-11)16(21)18-14(10-15(19)20)12-5-3-2-4-6-12/h2-6,11,13-14,17H,7-10H2,1H3,(H,18,21)(H,19,20). The minimum atomic E-state index is -0.914. The normalized spacial score (nSPS) is 23.3. The van der Waals surface area contributed by atoms with Gasteiger partial charge in [-0.15, -0.1) is 0 Å². The van der Waals surface area contributed by atoms with Crippen LogP contribution in [0.1, 0.15) is 37.8 Å². The van der Waals surface area contributed by atoms with E-state index in [1.54, 1.807) is 0 Å². The molecule has 3 atom stereocenters. The van der Waals surface area contributed by atoms with Gasteiger partial charge < -0.3 is 15.7 Å². The third-order valence-corrected chi connectivity index (χ3v) is 3.89. The summed E-state index contributed by atoms with van der Waals surface area (Å²) in [6.45, 7) is 2.89. The number of benzene rings is 1. The number of aliphatic carboxylic acids is 1. The summed E-state index contributed by atoms with van der Waals surface area (Å²) in [5, 5.41) is 15.3. The summed E-state index contributed by atoms with van der Waals surface area (Å²) < 4.78 is 0. The number of amides is 1. The highest BCUT2D eigenvalue weighted by molar-refractivity contribution is 5.80. The molecule has 1 aromatic carbocycles. The van der Waals surface area contributed by atoms with Crippen molar-refractivity contribution in [1.29, 1.82) is 0 Å². The van der Waals surface area contributed by atoms with Crippen molar-refractivity contribution in [3.05, 3.63) is 35.9 Å². The molecule has 3 N–H and O–H groups in total. The first-order chi connectivity index (χ1) is 10.1. The number of carboxylic acid groups (broad SMARTS) is 1. The Morgan fingerprint density at radius 2 is 2.10 bits per heavy atom. The molecule has 3 unspecified atom stereocenters. The van der Waals surface area contributed by atoms with Crippen molar-refractivity contribution in [3.63, 3.8) is 0 Å². The maximum absolute atomic E-state index is 12.4. The molecule has 1 heterocycles. The molecule has 1 fully saturated rings. The highest BCUT2D eigenvalue weighted by Crippen LogP contribution is 2.21. The first kappa shape index (κ1) is 15.5. The van der Waals surface area contributed by atoms with Crippen LogP contribution in [0.3, 0.4) is 0 Å². The van der Waals surface area contributed by atoms with Gasteiger partial charge in [-0.05, 0) is 31.9 Å². The van der Waals surface area contributed by atoms with Crippen LogP contribution >= 0.6 is 0 Å². The summed E-state index contributed by atoms with van der Waals surface area (Å²) in [7, 11) is 0. The van der Waals surface area contributed by atoms with Crippen molar-refractivity contribution in [1.82, 2.24) is 10.6 Å². The lowest BCUT2D eigenvalue weighted by Gasteiger charge is -2.28. The van der Waals surface area contributed by atoms with Gasteiger partial charge >= 0.3 is 5.97 Å². The molecule has 5 heteroatoms. The lowest BCUT2D eigenvalue weighted by Crippen LogP contribution is -2.43. The average Bonchev–Trinajstić information content (AvgIpc) is 2.47. The van der Waals surface area contributed by atoms with Crippen LogP contribution in [0.25, 0.3) is 0 Å². The third kappa shape index (κ3) is 4.56. The van der Waals surface area contributed by atoms with Crippen LogP contribution in [0.4, 0.5) is 0 Å². The molecule has 0 spiro atoms. The van der Waals surface area contributed by atoms with Gasteiger partial charge in [0.1, 0.15) is 0 Å². The molecule has 1 saturated heterocycles. The molecule has 0 radical (unpaired) electrons. The maximum Gasteiger partial charge on any atom is 0.305 e. The van der Waals surface area contributed by atoms with Crippen LogP contribution in [0.5, 0.6) is 0 Å². The highest BCUT2D eigenvalue weighted by atomic mass is 16.4. The number of rotatable bonds is 5. The summed E-state index contributed by atoms with van der Waals surface area (Å²) in [6.07, 6.45) is 1.49. The Kier molecular flexibility index (Phi) is 5.33. The Morgan fingerprint density at radius 3 is 2.71 bits per heavy atom. The van der Waals surface area contributed by atoms with Gasteiger partial charge in [0.2, 0.25) is 5.91 Å². The molecule has 1 aliphatic heterocycles. The molecule has 1 aliphatic rings. The zero-order valence-corrected chi connectivity index (χ0v) is 12.2. The number of carboxylic acids is 1. The number of carbonyl (C=O) groups is 2.